The topological polar surface area (TPSA) is 62.6 Å². The minimum Gasteiger partial charge on any atom is -0.465 e. The third kappa shape index (κ3) is 3.58. The number of aryl methyl sites for hydroxylation is 1. The standard InChI is InChI=1S/C13H22N2O3S/c1-10-9-19(16,17)5-4-15(10)8-12-6-13(7-14-3)18-11(12)2/h6,10,14H,4-5,7-9H2,1-3H3. The first-order valence-corrected chi connectivity index (χ1v) is 8.40. The second kappa shape index (κ2) is 5.64. The Morgan fingerprint density at radius 3 is 2.89 bits per heavy atom. The summed E-state index contributed by atoms with van der Waals surface area (Å²) in [7, 11) is -0.962. The summed E-state index contributed by atoms with van der Waals surface area (Å²) in [6, 6.07) is 2.13. The SMILES string of the molecule is CNCc1cc(CN2CCS(=O)(=O)CC2C)c(C)o1. The van der Waals surface area contributed by atoms with E-state index in [2.05, 4.69) is 16.3 Å². The fraction of sp³-hybridized carbons (Fsp3) is 0.692. The van der Waals surface area contributed by atoms with Crippen LogP contribution in [0.15, 0.2) is 10.5 Å². The summed E-state index contributed by atoms with van der Waals surface area (Å²) in [6.45, 7) is 6.01. The van der Waals surface area contributed by atoms with Crippen LogP contribution in [0, 0.1) is 6.92 Å². The number of nitrogens with zero attached hydrogens (tertiary/aromatic N) is 1. The highest BCUT2D eigenvalue weighted by Gasteiger charge is 2.28. The zero-order valence-corrected chi connectivity index (χ0v) is 12.6. The molecule has 19 heavy (non-hydrogen) atoms. The predicted molar refractivity (Wildman–Crippen MR) is 74.7 cm³/mol. The van der Waals surface area contributed by atoms with Gasteiger partial charge in [-0.05, 0) is 27.0 Å². The summed E-state index contributed by atoms with van der Waals surface area (Å²) in [5.41, 5.74) is 1.15. The van der Waals surface area contributed by atoms with E-state index in [1.807, 2.05) is 20.9 Å². The maximum Gasteiger partial charge on any atom is 0.153 e. The third-order valence-corrected chi connectivity index (χ3v) is 5.40. The van der Waals surface area contributed by atoms with Gasteiger partial charge in [0.1, 0.15) is 11.5 Å². The van der Waals surface area contributed by atoms with Crippen LogP contribution in [0.2, 0.25) is 0 Å². The van der Waals surface area contributed by atoms with Crippen LogP contribution in [0.1, 0.15) is 24.0 Å². The Morgan fingerprint density at radius 1 is 1.53 bits per heavy atom. The fourth-order valence-electron chi connectivity index (χ4n) is 2.49. The Hall–Kier alpha value is -0.850. The first kappa shape index (κ1) is 14.6. The van der Waals surface area contributed by atoms with Crippen molar-refractivity contribution in [2.45, 2.75) is 33.0 Å². The number of furan rings is 1. The van der Waals surface area contributed by atoms with E-state index in [0.717, 1.165) is 23.6 Å². The van der Waals surface area contributed by atoms with Gasteiger partial charge in [0, 0.05) is 24.7 Å². The van der Waals surface area contributed by atoms with Crippen molar-refractivity contribution in [2.24, 2.45) is 0 Å². The van der Waals surface area contributed by atoms with Gasteiger partial charge in [0.25, 0.3) is 0 Å². The number of rotatable bonds is 4. The van der Waals surface area contributed by atoms with Gasteiger partial charge in [-0.2, -0.15) is 0 Å². The Bertz CT molecular complexity index is 536. The summed E-state index contributed by atoms with van der Waals surface area (Å²) < 4.78 is 28.8. The quantitative estimate of drug-likeness (QED) is 0.892. The molecular formula is C13H22N2O3S. The zero-order chi connectivity index (χ0) is 14.0. The molecule has 2 heterocycles. The highest BCUT2D eigenvalue weighted by molar-refractivity contribution is 7.91. The molecule has 1 saturated heterocycles. The second-order valence-electron chi connectivity index (χ2n) is 5.26. The zero-order valence-electron chi connectivity index (χ0n) is 11.8. The van der Waals surface area contributed by atoms with Crippen molar-refractivity contribution >= 4 is 9.84 Å². The minimum absolute atomic E-state index is 0.0702. The molecule has 1 unspecified atom stereocenters. The van der Waals surface area contributed by atoms with E-state index in [-0.39, 0.29) is 17.5 Å². The minimum atomic E-state index is -2.85. The molecule has 1 fully saturated rings. The van der Waals surface area contributed by atoms with Crippen LogP contribution in [0.5, 0.6) is 0 Å². The van der Waals surface area contributed by atoms with Crippen molar-refractivity contribution in [3.63, 3.8) is 0 Å². The van der Waals surface area contributed by atoms with Gasteiger partial charge in [-0.25, -0.2) is 8.42 Å². The normalized spacial score (nSPS) is 23.6. The van der Waals surface area contributed by atoms with E-state index in [0.29, 0.717) is 13.1 Å². The third-order valence-electron chi connectivity index (χ3n) is 3.60. The van der Waals surface area contributed by atoms with Gasteiger partial charge >= 0.3 is 0 Å². The molecular weight excluding hydrogens is 264 g/mol. The Kier molecular flexibility index (Phi) is 4.32. The fourth-order valence-corrected chi connectivity index (χ4v) is 4.12. The first-order chi connectivity index (χ1) is 8.91. The highest BCUT2D eigenvalue weighted by Crippen LogP contribution is 2.20. The summed E-state index contributed by atoms with van der Waals surface area (Å²) >= 11 is 0. The van der Waals surface area contributed by atoms with Gasteiger partial charge in [-0.15, -0.1) is 0 Å². The number of hydrogen-bond donors (Lipinski definition) is 1. The smallest absolute Gasteiger partial charge is 0.153 e. The van der Waals surface area contributed by atoms with E-state index >= 15 is 0 Å². The van der Waals surface area contributed by atoms with Gasteiger partial charge in [-0.1, -0.05) is 0 Å². The molecule has 0 aromatic carbocycles. The van der Waals surface area contributed by atoms with Crippen molar-refractivity contribution in [1.82, 2.24) is 10.2 Å². The van der Waals surface area contributed by atoms with Gasteiger partial charge in [0.2, 0.25) is 0 Å². The predicted octanol–water partition coefficient (Wildman–Crippen LogP) is 0.926. The van der Waals surface area contributed by atoms with Crippen LogP contribution < -0.4 is 5.32 Å². The Morgan fingerprint density at radius 2 is 2.26 bits per heavy atom. The van der Waals surface area contributed by atoms with Crippen LogP contribution in [0.4, 0.5) is 0 Å². The molecule has 1 N–H and O–H groups in total. The molecule has 0 radical (unpaired) electrons. The average molecular weight is 286 g/mol. The average Bonchev–Trinajstić information content (AvgIpc) is 2.63. The lowest BCUT2D eigenvalue weighted by molar-refractivity contribution is 0.217. The van der Waals surface area contributed by atoms with Crippen LogP contribution in [0.25, 0.3) is 0 Å². The molecule has 1 aromatic rings. The van der Waals surface area contributed by atoms with E-state index < -0.39 is 9.84 Å². The number of nitrogens with one attached hydrogen (secondary N) is 1. The molecule has 1 atom stereocenters. The lowest BCUT2D eigenvalue weighted by Crippen LogP contribution is -2.46. The van der Waals surface area contributed by atoms with Gasteiger partial charge in [0.05, 0.1) is 18.1 Å². The summed E-state index contributed by atoms with van der Waals surface area (Å²) in [6.07, 6.45) is 0. The molecule has 2 rings (SSSR count). The monoisotopic (exact) mass is 286 g/mol. The van der Waals surface area contributed by atoms with Crippen LogP contribution in [-0.4, -0.2) is 44.5 Å². The van der Waals surface area contributed by atoms with Crippen LogP contribution in [-0.2, 0) is 22.9 Å². The number of sulfone groups is 1. The molecule has 1 aliphatic heterocycles. The van der Waals surface area contributed by atoms with E-state index in [9.17, 15) is 8.42 Å². The molecule has 0 aliphatic carbocycles. The van der Waals surface area contributed by atoms with Crippen molar-refractivity contribution in [3.05, 3.63) is 23.2 Å². The molecule has 0 spiro atoms. The van der Waals surface area contributed by atoms with Crippen molar-refractivity contribution in [2.75, 3.05) is 25.1 Å². The molecule has 0 bridgehead atoms. The molecule has 0 saturated carbocycles. The molecule has 0 amide bonds. The van der Waals surface area contributed by atoms with Crippen molar-refractivity contribution in [3.8, 4) is 0 Å². The summed E-state index contributed by atoms with van der Waals surface area (Å²) in [5, 5.41) is 3.06. The second-order valence-corrected chi connectivity index (χ2v) is 7.49. The Balaban J connectivity index is 2.05. The highest BCUT2D eigenvalue weighted by atomic mass is 32.2. The Labute approximate surface area is 114 Å². The van der Waals surface area contributed by atoms with Crippen molar-refractivity contribution < 1.29 is 12.8 Å². The maximum absolute atomic E-state index is 11.6. The van der Waals surface area contributed by atoms with Crippen LogP contribution in [0.3, 0.4) is 0 Å². The summed E-state index contributed by atoms with van der Waals surface area (Å²) in [4.78, 5) is 2.21. The lowest BCUT2D eigenvalue weighted by Gasteiger charge is -2.32. The lowest BCUT2D eigenvalue weighted by atomic mass is 10.2. The molecule has 6 heteroatoms. The first-order valence-electron chi connectivity index (χ1n) is 6.58. The molecule has 1 aliphatic rings. The van der Waals surface area contributed by atoms with E-state index in [1.165, 1.54) is 0 Å². The van der Waals surface area contributed by atoms with E-state index in [4.69, 9.17) is 4.42 Å². The van der Waals surface area contributed by atoms with Gasteiger partial charge in [-0.3, -0.25) is 4.90 Å². The van der Waals surface area contributed by atoms with E-state index in [1.54, 1.807) is 0 Å². The van der Waals surface area contributed by atoms with Gasteiger partial charge in [0.15, 0.2) is 9.84 Å². The van der Waals surface area contributed by atoms with Crippen molar-refractivity contribution in [1.29, 1.82) is 0 Å². The maximum atomic E-state index is 11.6. The molecule has 5 nitrogen and oxygen atoms in total. The van der Waals surface area contributed by atoms with Gasteiger partial charge < -0.3 is 9.73 Å². The summed E-state index contributed by atoms with van der Waals surface area (Å²) in [5.74, 6) is 2.36. The number of hydrogen-bond acceptors (Lipinski definition) is 5. The largest absolute Gasteiger partial charge is 0.465 e. The molecule has 108 valence electrons. The van der Waals surface area contributed by atoms with Crippen LogP contribution >= 0.6 is 0 Å². The molecule has 1 aromatic heterocycles.